The van der Waals surface area contributed by atoms with Crippen LogP contribution in [0.25, 0.3) is 10.9 Å². The van der Waals surface area contributed by atoms with Gasteiger partial charge in [0, 0.05) is 5.02 Å². The van der Waals surface area contributed by atoms with Gasteiger partial charge in [-0.05, 0) is 66.7 Å². The lowest BCUT2D eigenvalue weighted by Crippen LogP contribution is -2.17. The first-order chi connectivity index (χ1) is 17.1. The van der Waals surface area contributed by atoms with Gasteiger partial charge in [-0.15, -0.1) is 22.4 Å². The molecule has 0 bridgehead atoms. The van der Waals surface area contributed by atoms with Gasteiger partial charge in [0.1, 0.15) is 30.5 Å². The zero-order valence-corrected chi connectivity index (χ0v) is 20.1. The first-order valence-corrected chi connectivity index (χ1v) is 12.1. The second-order valence-corrected chi connectivity index (χ2v) is 9.41. The summed E-state index contributed by atoms with van der Waals surface area (Å²) in [5.74, 6) is 0.460. The SMILES string of the molecule is COc1ccc2c(c1)c(OCCOc1ccc(Cl)cc1)nn2S(=O)(=O)c1ccc(OC(F)(F)F)cc1. The lowest BCUT2D eigenvalue weighted by molar-refractivity contribution is -0.274. The minimum absolute atomic E-state index is 0.00389. The van der Waals surface area contributed by atoms with Crippen molar-refractivity contribution in [3.63, 3.8) is 0 Å². The first kappa shape index (κ1) is 25.5. The zero-order chi connectivity index (χ0) is 25.9. The number of hydrogen-bond donors (Lipinski definition) is 0. The Morgan fingerprint density at radius 2 is 1.50 bits per heavy atom. The Balaban J connectivity index is 1.59. The van der Waals surface area contributed by atoms with Crippen LogP contribution in [0.3, 0.4) is 0 Å². The van der Waals surface area contributed by atoms with Gasteiger partial charge in [0.25, 0.3) is 10.0 Å². The van der Waals surface area contributed by atoms with Crippen LogP contribution < -0.4 is 18.9 Å². The average Bonchev–Trinajstić information content (AvgIpc) is 3.21. The third kappa shape index (κ3) is 5.77. The van der Waals surface area contributed by atoms with Crippen LogP contribution in [0.1, 0.15) is 0 Å². The molecule has 0 aliphatic heterocycles. The Bertz CT molecular complexity index is 1460. The van der Waals surface area contributed by atoms with E-state index in [-0.39, 0.29) is 29.5 Å². The van der Waals surface area contributed by atoms with Crippen LogP contribution >= 0.6 is 11.6 Å². The molecule has 4 aromatic rings. The predicted octanol–water partition coefficient (Wildman–Crippen LogP) is 5.29. The van der Waals surface area contributed by atoms with E-state index in [1.54, 1.807) is 36.4 Å². The van der Waals surface area contributed by atoms with Crippen molar-refractivity contribution in [3.05, 3.63) is 71.8 Å². The number of fused-ring (bicyclic) bond motifs is 1. The van der Waals surface area contributed by atoms with Crippen molar-refractivity contribution in [1.29, 1.82) is 0 Å². The van der Waals surface area contributed by atoms with Crippen LogP contribution in [0.5, 0.6) is 23.1 Å². The minimum Gasteiger partial charge on any atom is -0.497 e. The summed E-state index contributed by atoms with van der Waals surface area (Å²) in [4.78, 5) is -0.296. The number of benzene rings is 3. The number of methoxy groups -OCH3 is 1. The van der Waals surface area contributed by atoms with Crippen molar-refractivity contribution in [2.24, 2.45) is 0 Å². The maximum absolute atomic E-state index is 13.3. The highest BCUT2D eigenvalue weighted by Gasteiger charge is 2.31. The van der Waals surface area contributed by atoms with Crippen molar-refractivity contribution in [3.8, 4) is 23.1 Å². The summed E-state index contributed by atoms with van der Waals surface area (Å²) in [7, 11) is -2.85. The minimum atomic E-state index is -4.90. The van der Waals surface area contributed by atoms with Crippen molar-refractivity contribution >= 4 is 32.5 Å². The highest BCUT2D eigenvalue weighted by Crippen LogP contribution is 2.32. The number of aromatic nitrogens is 2. The van der Waals surface area contributed by atoms with E-state index in [9.17, 15) is 21.6 Å². The topological polar surface area (TPSA) is 88.9 Å². The summed E-state index contributed by atoms with van der Waals surface area (Å²) < 4.78 is 84.9. The molecule has 8 nitrogen and oxygen atoms in total. The van der Waals surface area contributed by atoms with Crippen LogP contribution in [0.4, 0.5) is 13.2 Å². The molecule has 4 rings (SSSR count). The molecule has 0 radical (unpaired) electrons. The van der Waals surface area contributed by atoms with Crippen LogP contribution in [0.15, 0.2) is 71.6 Å². The number of nitrogens with zero attached hydrogens (tertiary/aromatic N) is 2. The third-order valence-corrected chi connectivity index (χ3v) is 6.66. The lowest BCUT2D eigenvalue weighted by Gasteiger charge is -2.10. The molecular weight excluding hydrogens is 525 g/mol. The second-order valence-electron chi connectivity index (χ2n) is 7.21. The van der Waals surface area contributed by atoms with E-state index < -0.39 is 22.1 Å². The summed E-state index contributed by atoms with van der Waals surface area (Å²) in [6.07, 6.45) is -4.90. The van der Waals surface area contributed by atoms with Gasteiger partial charge < -0.3 is 18.9 Å². The van der Waals surface area contributed by atoms with Crippen molar-refractivity contribution in [1.82, 2.24) is 9.19 Å². The van der Waals surface area contributed by atoms with Gasteiger partial charge in [-0.25, -0.2) is 0 Å². The summed E-state index contributed by atoms with van der Waals surface area (Å²) >= 11 is 5.85. The summed E-state index contributed by atoms with van der Waals surface area (Å²) in [6, 6.07) is 15.1. The Kier molecular flexibility index (Phi) is 7.18. The van der Waals surface area contributed by atoms with Crippen LogP contribution in [0, 0.1) is 0 Å². The molecule has 0 saturated heterocycles. The molecule has 13 heteroatoms. The van der Waals surface area contributed by atoms with Crippen LogP contribution in [0.2, 0.25) is 5.02 Å². The highest BCUT2D eigenvalue weighted by atomic mass is 35.5. The smallest absolute Gasteiger partial charge is 0.497 e. The number of alkyl halides is 3. The van der Waals surface area contributed by atoms with Gasteiger partial charge in [-0.3, -0.25) is 0 Å². The van der Waals surface area contributed by atoms with E-state index in [4.69, 9.17) is 25.8 Å². The molecule has 0 unspecified atom stereocenters. The maximum atomic E-state index is 13.3. The number of ether oxygens (including phenoxy) is 4. The Hall–Kier alpha value is -3.64. The first-order valence-electron chi connectivity index (χ1n) is 10.3. The molecule has 3 aromatic carbocycles. The highest BCUT2D eigenvalue weighted by molar-refractivity contribution is 7.90. The standard InChI is InChI=1S/C23H18ClF3N2O6S/c1-32-18-8-11-21-20(14-18)22(34-13-12-33-16-4-2-15(24)3-5-16)28-29(21)36(30,31)19-9-6-17(7-10-19)35-23(25,26)27/h2-11,14H,12-13H2,1H3. The molecule has 0 aliphatic carbocycles. The molecule has 0 atom stereocenters. The number of rotatable bonds is 9. The molecule has 190 valence electrons. The fraction of sp³-hybridized carbons (Fsp3) is 0.174. The van der Waals surface area contributed by atoms with E-state index in [0.717, 1.165) is 28.4 Å². The fourth-order valence-corrected chi connectivity index (χ4v) is 4.61. The van der Waals surface area contributed by atoms with E-state index >= 15 is 0 Å². The van der Waals surface area contributed by atoms with Gasteiger partial charge in [0.05, 0.1) is 22.9 Å². The monoisotopic (exact) mass is 542 g/mol. The molecule has 1 heterocycles. The quantitative estimate of drug-likeness (QED) is 0.265. The summed E-state index contributed by atoms with van der Waals surface area (Å²) in [6.45, 7) is 0.169. The lowest BCUT2D eigenvalue weighted by atomic mass is 10.2. The van der Waals surface area contributed by atoms with E-state index in [2.05, 4.69) is 9.84 Å². The fourth-order valence-electron chi connectivity index (χ4n) is 3.20. The Morgan fingerprint density at radius 3 is 2.14 bits per heavy atom. The largest absolute Gasteiger partial charge is 0.573 e. The summed E-state index contributed by atoms with van der Waals surface area (Å²) in [5.41, 5.74) is 0.181. The summed E-state index contributed by atoms with van der Waals surface area (Å²) in [5, 5.41) is 5.03. The average molecular weight is 543 g/mol. The van der Waals surface area contributed by atoms with Crippen molar-refractivity contribution in [2.45, 2.75) is 11.3 Å². The van der Waals surface area contributed by atoms with Gasteiger partial charge in [-0.1, -0.05) is 11.6 Å². The Morgan fingerprint density at radius 1 is 0.889 bits per heavy atom. The Labute approximate surface area is 208 Å². The molecule has 0 saturated carbocycles. The van der Waals surface area contributed by atoms with Gasteiger partial charge in [0.2, 0.25) is 5.88 Å². The third-order valence-electron chi connectivity index (χ3n) is 4.81. The maximum Gasteiger partial charge on any atom is 0.573 e. The van der Waals surface area contributed by atoms with E-state index in [0.29, 0.717) is 21.9 Å². The molecule has 0 N–H and O–H groups in total. The second kappa shape index (κ2) is 10.2. The van der Waals surface area contributed by atoms with Gasteiger partial charge >= 0.3 is 6.36 Å². The molecule has 0 amide bonds. The van der Waals surface area contributed by atoms with Gasteiger partial charge in [-0.2, -0.15) is 8.42 Å². The molecule has 0 aliphatic rings. The van der Waals surface area contributed by atoms with E-state index in [1.165, 1.54) is 13.2 Å². The molecular formula is C23H18ClF3N2O6S. The number of hydrogen-bond acceptors (Lipinski definition) is 7. The van der Waals surface area contributed by atoms with Gasteiger partial charge in [0.15, 0.2) is 0 Å². The molecule has 36 heavy (non-hydrogen) atoms. The molecule has 0 fully saturated rings. The normalized spacial score (nSPS) is 11.9. The predicted molar refractivity (Wildman–Crippen MR) is 124 cm³/mol. The van der Waals surface area contributed by atoms with Crippen molar-refractivity contribution < 1.29 is 40.5 Å². The molecule has 1 aromatic heterocycles. The van der Waals surface area contributed by atoms with Crippen LogP contribution in [-0.2, 0) is 10.0 Å². The number of halogens is 4. The zero-order valence-electron chi connectivity index (χ0n) is 18.5. The van der Waals surface area contributed by atoms with E-state index in [1.807, 2.05) is 0 Å². The van der Waals surface area contributed by atoms with Crippen LogP contribution in [-0.4, -0.2) is 44.3 Å². The molecule has 0 spiro atoms. The van der Waals surface area contributed by atoms with Crippen molar-refractivity contribution in [2.75, 3.05) is 20.3 Å².